The summed E-state index contributed by atoms with van der Waals surface area (Å²) in [5.74, 6) is 0.450. The highest BCUT2D eigenvalue weighted by atomic mass is 16.2. The van der Waals surface area contributed by atoms with Gasteiger partial charge in [0.05, 0.1) is 11.1 Å². The molecule has 0 aromatic rings. The van der Waals surface area contributed by atoms with Crippen LogP contribution < -0.4 is 10.6 Å². The van der Waals surface area contributed by atoms with Crippen LogP contribution in [0.4, 0.5) is 0 Å². The Bertz CT molecular complexity index is 686. The molecular weight excluding hydrogens is 452 g/mol. The molecule has 36 heavy (non-hydrogen) atoms. The van der Waals surface area contributed by atoms with Gasteiger partial charge in [-0.2, -0.15) is 0 Å². The summed E-state index contributed by atoms with van der Waals surface area (Å²) in [6.45, 7) is 23.7. The zero-order chi connectivity index (χ0) is 27.4. The normalized spacial score (nSPS) is 23.9. The highest BCUT2D eigenvalue weighted by Gasteiger charge is 2.49. The smallest absolute Gasteiger partial charge is 0.242 e. The van der Waals surface area contributed by atoms with Gasteiger partial charge in [-0.15, -0.1) is 0 Å². The first-order valence-electron chi connectivity index (χ1n) is 14.0. The standard InChI is InChI=1S/C28H56N6O2/c1-25(2)21-33(23(35)27(5,6)31(25)9)19-17-29-15-13-11-12-14-16-30-18-20-34-22-26(3,4)32(10)28(7,8)24(34)36/h29-30H,11-22H2,1-10H3. The Hall–Kier alpha value is -1.22. The number of unbranched alkanes of at least 4 members (excludes halogenated alkanes) is 3. The van der Waals surface area contributed by atoms with Gasteiger partial charge in [0, 0.05) is 50.3 Å². The molecule has 2 fully saturated rings. The number of hydrogen-bond acceptors (Lipinski definition) is 6. The summed E-state index contributed by atoms with van der Waals surface area (Å²) in [4.78, 5) is 34.2. The number of nitrogens with one attached hydrogen (secondary N) is 2. The number of likely N-dealkylation sites (N-methyl/N-ethyl adjacent to an activating group) is 2. The van der Waals surface area contributed by atoms with Crippen LogP contribution in [0.1, 0.15) is 81.1 Å². The molecule has 0 spiro atoms. The van der Waals surface area contributed by atoms with E-state index in [0.717, 1.165) is 65.2 Å². The molecule has 0 aromatic carbocycles. The van der Waals surface area contributed by atoms with E-state index in [2.05, 4.69) is 62.2 Å². The topological polar surface area (TPSA) is 71.2 Å². The Balaban J connectivity index is 1.51. The Morgan fingerprint density at radius 1 is 0.583 bits per heavy atom. The van der Waals surface area contributed by atoms with Crippen LogP contribution in [0.15, 0.2) is 0 Å². The summed E-state index contributed by atoms with van der Waals surface area (Å²) in [5, 5.41) is 7.05. The van der Waals surface area contributed by atoms with Gasteiger partial charge in [-0.25, -0.2) is 0 Å². The van der Waals surface area contributed by atoms with E-state index in [1.807, 2.05) is 37.5 Å². The second-order valence-corrected chi connectivity index (χ2v) is 13.2. The van der Waals surface area contributed by atoms with Gasteiger partial charge in [0.25, 0.3) is 0 Å². The molecule has 2 aliphatic heterocycles. The van der Waals surface area contributed by atoms with Crippen LogP contribution in [0, 0.1) is 0 Å². The van der Waals surface area contributed by atoms with Crippen LogP contribution in [-0.2, 0) is 9.59 Å². The quantitative estimate of drug-likeness (QED) is 0.372. The first-order chi connectivity index (χ1) is 16.5. The molecule has 0 aliphatic carbocycles. The predicted molar refractivity (Wildman–Crippen MR) is 149 cm³/mol. The van der Waals surface area contributed by atoms with E-state index >= 15 is 0 Å². The summed E-state index contributed by atoms with van der Waals surface area (Å²) in [6.07, 6.45) is 4.74. The predicted octanol–water partition coefficient (Wildman–Crippen LogP) is 2.39. The SMILES string of the molecule is CN1C(C)(C)CN(CCNCCCCCCNCCN2CC(C)(C)N(C)C(C)(C)C2=O)C(=O)C1(C)C. The number of amides is 2. The fourth-order valence-corrected chi connectivity index (χ4v) is 5.76. The van der Waals surface area contributed by atoms with Gasteiger partial charge >= 0.3 is 0 Å². The number of hydrogen-bond donors (Lipinski definition) is 2. The van der Waals surface area contributed by atoms with Crippen LogP contribution in [0.3, 0.4) is 0 Å². The van der Waals surface area contributed by atoms with Gasteiger partial charge < -0.3 is 20.4 Å². The number of nitrogens with zero attached hydrogens (tertiary/aromatic N) is 4. The van der Waals surface area contributed by atoms with Gasteiger partial charge in [-0.05, 0) is 95.4 Å². The van der Waals surface area contributed by atoms with Crippen molar-refractivity contribution < 1.29 is 9.59 Å². The van der Waals surface area contributed by atoms with Crippen LogP contribution in [-0.4, -0.2) is 120 Å². The lowest BCUT2D eigenvalue weighted by molar-refractivity contribution is -0.157. The number of rotatable bonds is 13. The van der Waals surface area contributed by atoms with E-state index in [1.165, 1.54) is 12.8 Å². The first-order valence-corrected chi connectivity index (χ1v) is 14.0. The molecule has 0 saturated carbocycles. The molecular formula is C28H56N6O2. The molecule has 0 bridgehead atoms. The second kappa shape index (κ2) is 12.1. The van der Waals surface area contributed by atoms with Crippen molar-refractivity contribution in [3.05, 3.63) is 0 Å². The van der Waals surface area contributed by atoms with Crippen LogP contribution >= 0.6 is 0 Å². The van der Waals surface area contributed by atoms with Crippen molar-refractivity contribution in [1.29, 1.82) is 0 Å². The van der Waals surface area contributed by atoms with Crippen LogP contribution in [0.25, 0.3) is 0 Å². The van der Waals surface area contributed by atoms with Gasteiger partial charge in [0.2, 0.25) is 11.8 Å². The monoisotopic (exact) mass is 508 g/mol. The van der Waals surface area contributed by atoms with Crippen LogP contribution in [0.5, 0.6) is 0 Å². The molecule has 0 unspecified atom stereocenters. The molecule has 2 heterocycles. The minimum atomic E-state index is -0.455. The van der Waals surface area contributed by atoms with Crippen molar-refractivity contribution in [3.63, 3.8) is 0 Å². The van der Waals surface area contributed by atoms with E-state index in [1.54, 1.807) is 0 Å². The zero-order valence-electron chi connectivity index (χ0n) is 25.1. The maximum Gasteiger partial charge on any atom is 0.242 e. The summed E-state index contributed by atoms with van der Waals surface area (Å²) in [5.41, 5.74) is -0.941. The van der Waals surface area contributed by atoms with Crippen molar-refractivity contribution in [2.24, 2.45) is 0 Å². The number of carbonyl (C=O) groups is 2. The van der Waals surface area contributed by atoms with Crippen molar-refractivity contribution in [2.45, 2.75) is 103 Å². The highest BCUT2D eigenvalue weighted by molar-refractivity contribution is 5.87. The maximum atomic E-state index is 12.9. The Morgan fingerprint density at radius 3 is 1.25 bits per heavy atom. The molecule has 2 saturated heterocycles. The summed E-state index contributed by atoms with van der Waals surface area (Å²) in [7, 11) is 4.11. The van der Waals surface area contributed by atoms with E-state index in [4.69, 9.17) is 0 Å². The van der Waals surface area contributed by atoms with E-state index < -0.39 is 11.1 Å². The Morgan fingerprint density at radius 2 is 0.917 bits per heavy atom. The van der Waals surface area contributed by atoms with E-state index in [9.17, 15) is 9.59 Å². The second-order valence-electron chi connectivity index (χ2n) is 13.2. The van der Waals surface area contributed by atoms with Gasteiger partial charge in [0.15, 0.2) is 0 Å². The molecule has 8 nitrogen and oxygen atoms in total. The Kier molecular flexibility index (Phi) is 10.4. The van der Waals surface area contributed by atoms with Gasteiger partial charge in [-0.3, -0.25) is 19.4 Å². The average molecular weight is 509 g/mol. The number of piperazine rings is 2. The van der Waals surface area contributed by atoms with Crippen molar-refractivity contribution in [3.8, 4) is 0 Å². The molecule has 0 atom stereocenters. The molecule has 0 radical (unpaired) electrons. The lowest BCUT2D eigenvalue weighted by Gasteiger charge is -2.53. The Labute approximate surface area is 221 Å². The maximum absolute atomic E-state index is 12.9. The highest BCUT2D eigenvalue weighted by Crippen LogP contribution is 2.32. The van der Waals surface area contributed by atoms with E-state index in [0.29, 0.717) is 0 Å². The number of carbonyl (C=O) groups excluding carboxylic acids is 2. The molecule has 2 N–H and O–H groups in total. The lowest BCUT2D eigenvalue weighted by atomic mass is 9.88. The first kappa shape index (κ1) is 31.0. The van der Waals surface area contributed by atoms with Crippen molar-refractivity contribution in [2.75, 3.05) is 66.5 Å². The fraction of sp³-hybridized carbons (Fsp3) is 0.929. The fourth-order valence-electron chi connectivity index (χ4n) is 5.76. The van der Waals surface area contributed by atoms with Crippen molar-refractivity contribution in [1.82, 2.24) is 30.2 Å². The molecule has 2 aliphatic rings. The third-order valence-corrected chi connectivity index (χ3v) is 8.84. The molecule has 210 valence electrons. The summed E-state index contributed by atoms with van der Waals surface area (Å²) >= 11 is 0. The third kappa shape index (κ3) is 7.21. The largest absolute Gasteiger partial charge is 0.338 e. The van der Waals surface area contributed by atoms with Crippen LogP contribution in [0.2, 0.25) is 0 Å². The molecule has 8 heteroatoms. The zero-order valence-corrected chi connectivity index (χ0v) is 25.1. The van der Waals surface area contributed by atoms with Crippen molar-refractivity contribution >= 4 is 11.8 Å². The van der Waals surface area contributed by atoms with E-state index in [-0.39, 0.29) is 22.9 Å². The molecule has 2 rings (SSSR count). The lowest BCUT2D eigenvalue weighted by Crippen LogP contribution is -2.70. The third-order valence-electron chi connectivity index (χ3n) is 8.84. The molecule has 2 amide bonds. The van der Waals surface area contributed by atoms with Gasteiger partial charge in [-0.1, -0.05) is 12.8 Å². The summed E-state index contributed by atoms with van der Waals surface area (Å²) in [6, 6.07) is 0. The summed E-state index contributed by atoms with van der Waals surface area (Å²) < 4.78 is 0. The average Bonchev–Trinajstić information content (AvgIpc) is 2.79. The van der Waals surface area contributed by atoms with Gasteiger partial charge in [0.1, 0.15) is 0 Å². The minimum Gasteiger partial charge on any atom is -0.338 e. The minimum absolute atomic E-state index is 0.0152. The molecule has 0 aromatic heterocycles.